The number of benzene rings is 2. The third kappa shape index (κ3) is 6.07. The molecule has 1 N–H and O–H groups in total. The number of nitrogens with one attached hydrogen (secondary N) is 1. The molecule has 0 radical (unpaired) electrons. The molecule has 2 aromatic carbocycles. The van der Waals surface area contributed by atoms with Crippen molar-refractivity contribution in [3.63, 3.8) is 0 Å². The van der Waals surface area contributed by atoms with Crippen molar-refractivity contribution in [2.45, 2.75) is 71.1 Å². The SMILES string of the molecule is CCOC(=O)C1CC2CC(Oc3cc(-n4ccc5ccccc54)ccc3-c3nn[nH]n3)CCC2CN1C(=O)OC(C)(C)C. The van der Waals surface area contributed by atoms with Crippen LogP contribution in [0.25, 0.3) is 28.0 Å². The Morgan fingerprint density at radius 2 is 1.88 bits per heavy atom. The number of likely N-dealkylation sites (tertiary alicyclic amines) is 1. The van der Waals surface area contributed by atoms with Gasteiger partial charge in [0.1, 0.15) is 17.4 Å². The van der Waals surface area contributed by atoms with E-state index in [0.29, 0.717) is 24.5 Å². The van der Waals surface area contributed by atoms with Crippen LogP contribution in [0.2, 0.25) is 0 Å². The first-order valence-corrected chi connectivity index (χ1v) is 15.0. The van der Waals surface area contributed by atoms with Crippen LogP contribution < -0.4 is 4.74 Å². The van der Waals surface area contributed by atoms with Crippen LogP contribution in [-0.2, 0) is 14.3 Å². The van der Waals surface area contributed by atoms with Gasteiger partial charge < -0.3 is 18.8 Å². The number of ether oxygens (including phenoxy) is 3. The number of aromatic amines is 1. The lowest BCUT2D eigenvalue weighted by atomic mass is 9.72. The monoisotopic (exact) mass is 586 g/mol. The van der Waals surface area contributed by atoms with Crippen LogP contribution in [0.15, 0.2) is 54.7 Å². The summed E-state index contributed by atoms with van der Waals surface area (Å²) in [6, 6.07) is 15.7. The summed E-state index contributed by atoms with van der Waals surface area (Å²) in [5.41, 5.74) is 2.16. The Hall–Kier alpha value is -4.41. The van der Waals surface area contributed by atoms with E-state index >= 15 is 0 Å². The molecule has 2 aliphatic rings. The zero-order valence-corrected chi connectivity index (χ0v) is 25.0. The Labute approximate surface area is 250 Å². The van der Waals surface area contributed by atoms with Crippen LogP contribution in [0.3, 0.4) is 0 Å². The molecular formula is C32H38N6O5. The molecule has 1 aliphatic heterocycles. The van der Waals surface area contributed by atoms with E-state index in [0.717, 1.165) is 41.4 Å². The van der Waals surface area contributed by atoms with Gasteiger partial charge in [-0.15, -0.1) is 10.2 Å². The van der Waals surface area contributed by atoms with Gasteiger partial charge in [0.15, 0.2) is 0 Å². The van der Waals surface area contributed by atoms with Crippen LogP contribution in [0.5, 0.6) is 5.75 Å². The zero-order valence-electron chi connectivity index (χ0n) is 25.0. The summed E-state index contributed by atoms with van der Waals surface area (Å²) >= 11 is 0. The summed E-state index contributed by atoms with van der Waals surface area (Å²) in [5, 5.41) is 15.9. The van der Waals surface area contributed by atoms with E-state index in [4.69, 9.17) is 14.2 Å². The number of aromatic nitrogens is 5. The number of piperidine rings is 1. The molecule has 0 bridgehead atoms. The van der Waals surface area contributed by atoms with E-state index in [1.807, 2.05) is 51.1 Å². The number of carbonyl (C=O) groups is 2. The minimum Gasteiger partial charge on any atom is -0.490 e. The minimum absolute atomic E-state index is 0.0838. The lowest BCUT2D eigenvalue weighted by Crippen LogP contribution is -2.56. The number of nitrogens with zero attached hydrogens (tertiary/aromatic N) is 5. The summed E-state index contributed by atoms with van der Waals surface area (Å²) in [4.78, 5) is 27.7. The Balaban J connectivity index is 1.25. The second-order valence-electron chi connectivity index (χ2n) is 12.4. The molecule has 11 nitrogen and oxygen atoms in total. The Bertz CT molecular complexity index is 1590. The molecule has 1 saturated heterocycles. The van der Waals surface area contributed by atoms with Crippen LogP contribution in [0.1, 0.15) is 53.4 Å². The predicted octanol–water partition coefficient (Wildman–Crippen LogP) is 5.55. The van der Waals surface area contributed by atoms with E-state index < -0.39 is 17.7 Å². The second-order valence-corrected chi connectivity index (χ2v) is 12.4. The van der Waals surface area contributed by atoms with Gasteiger partial charge in [-0.05, 0) is 100 Å². The summed E-state index contributed by atoms with van der Waals surface area (Å²) in [7, 11) is 0. The zero-order chi connectivity index (χ0) is 30.1. The molecule has 4 unspecified atom stereocenters. The summed E-state index contributed by atoms with van der Waals surface area (Å²) in [6.45, 7) is 7.98. The van der Waals surface area contributed by atoms with Crippen LogP contribution in [0.4, 0.5) is 4.79 Å². The predicted molar refractivity (Wildman–Crippen MR) is 160 cm³/mol. The van der Waals surface area contributed by atoms with Crippen molar-refractivity contribution in [2.24, 2.45) is 11.8 Å². The Morgan fingerprint density at radius 1 is 1.05 bits per heavy atom. The molecule has 6 rings (SSSR count). The van der Waals surface area contributed by atoms with Gasteiger partial charge in [0.05, 0.1) is 23.8 Å². The van der Waals surface area contributed by atoms with Crippen molar-refractivity contribution in [1.29, 1.82) is 0 Å². The highest BCUT2D eigenvalue weighted by atomic mass is 16.6. The molecule has 226 valence electrons. The van der Waals surface area contributed by atoms with E-state index in [9.17, 15) is 9.59 Å². The highest BCUT2D eigenvalue weighted by molar-refractivity contribution is 5.83. The van der Waals surface area contributed by atoms with Crippen LogP contribution in [-0.4, -0.2) is 73.1 Å². The third-order valence-corrected chi connectivity index (χ3v) is 8.33. The van der Waals surface area contributed by atoms with E-state index in [2.05, 4.69) is 49.6 Å². The highest BCUT2D eigenvalue weighted by Gasteiger charge is 2.46. The smallest absolute Gasteiger partial charge is 0.411 e. The number of para-hydroxylation sites is 1. The van der Waals surface area contributed by atoms with Crippen LogP contribution >= 0.6 is 0 Å². The molecule has 1 aliphatic carbocycles. The van der Waals surface area contributed by atoms with Crippen molar-refractivity contribution in [2.75, 3.05) is 13.2 Å². The lowest BCUT2D eigenvalue weighted by molar-refractivity contribution is -0.153. The van der Waals surface area contributed by atoms with Gasteiger partial charge in [-0.3, -0.25) is 4.90 Å². The number of amides is 1. The average molecular weight is 587 g/mol. The maximum Gasteiger partial charge on any atom is 0.411 e. The first kappa shape index (κ1) is 28.7. The van der Waals surface area contributed by atoms with Crippen molar-refractivity contribution < 1.29 is 23.8 Å². The normalized spacial score (nSPS) is 22.2. The van der Waals surface area contributed by atoms with Gasteiger partial charge in [-0.1, -0.05) is 18.2 Å². The molecule has 0 spiro atoms. The largest absolute Gasteiger partial charge is 0.490 e. The van der Waals surface area contributed by atoms with Crippen molar-refractivity contribution in [1.82, 2.24) is 30.1 Å². The fourth-order valence-corrected chi connectivity index (χ4v) is 6.40. The molecule has 2 fully saturated rings. The molecule has 4 aromatic rings. The number of hydrogen-bond acceptors (Lipinski definition) is 8. The number of esters is 1. The van der Waals surface area contributed by atoms with Crippen molar-refractivity contribution >= 4 is 23.0 Å². The standard InChI is InChI=1S/C32H38N6O5/c1-5-41-30(39)27-17-22-16-24(12-10-21(22)19-38(27)31(40)43-32(2,3)4)42-28-18-23(11-13-25(28)29-33-35-36-34-29)37-15-14-20-8-6-7-9-26(20)37/h6-9,11,13-15,18,21-22,24,27H,5,10,12,16-17,19H2,1-4H3,(H,33,34,35,36). The number of hydrogen-bond donors (Lipinski definition) is 1. The Morgan fingerprint density at radius 3 is 2.65 bits per heavy atom. The molecule has 43 heavy (non-hydrogen) atoms. The Kier molecular flexibility index (Phi) is 7.81. The molecule has 1 saturated carbocycles. The number of tetrazole rings is 1. The summed E-state index contributed by atoms with van der Waals surface area (Å²) in [6.07, 6.45) is 4.44. The number of carbonyl (C=O) groups excluding carboxylic acids is 2. The van der Waals surface area contributed by atoms with E-state index in [1.54, 1.807) is 11.8 Å². The average Bonchev–Trinajstić information content (AvgIpc) is 3.66. The molecule has 3 heterocycles. The van der Waals surface area contributed by atoms with Crippen LogP contribution in [0, 0.1) is 11.8 Å². The molecule has 4 atom stereocenters. The quantitative estimate of drug-likeness (QED) is 0.292. The molecule has 2 aromatic heterocycles. The van der Waals surface area contributed by atoms with Gasteiger partial charge in [-0.25, -0.2) is 9.59 Å². The number of rotatable bonds is 6. The van der Waals surface area contributed by atoms with Gasteiger partial charge in [0.25, 0.3) is 0 Å². The van der Waals surface area contributed by atoms with Gasteiger partial charge in [0, 0.05) is 24.5 Å². The first-order valence-electron chi connectivity index (χ1n) is 15.0. The third-order valence-electron chi connectivity index (χ3n) is 8.33. The second kappa shape index (κ2) is 11.7. The highest BCUT2D eigenvalue weighted by Crippen LogP contribution is 2.42. The summed E-state index contributed by atoms with van der Waals surface area (Å²) in [5.74, 6) is 1.18. The maximum atomic E-state index is 13.1. The minimum atomic E-state index is -0.685. The van der Waals surface area contributed by atoms with Gasteiger partial charge in [-0.2, -0.15) is 5.21 Å². The van der Waals surface area contributed by atoms with Crippen molar-refractivity contribution in [3.8, 4) is 22.8 Å². The fraction of sp³-hybridized carbons (Fsp3) is 0.469. The van der Waals surface area contributed by atoms with Gasteiger partial charge in [0.2, 0.25) is 5.82 Å². The van der Waals surface area contributed by atoms with E-state index in [1.165, 1.54) is 0 Å². The lowest BCUT2D eigenvalue weighted by Gasteiger charge is -2.46. The maximum absolute atomic E-state index is 13.1. The van der Waals surface area contributed by atoms with Gasteiger partial charge >= 0.3 is 12.1 Å². The fourth-order valence-electron chi connectivity index (χ4n) is 6.40. The summed E-state index contributed by atoms with van der Waals surface area (Å²) < 4.78 is 19.9. The number of fused-ring (bicyclic) bond motifs is 2. The molecular weight excluding hydrogens is 548 g/mol. The van der Waals surface area contributed by atoms with E-state index in [-0.39, 0.29) is 30.5 Å². The van der Waals surface area contributed by atoms with Crippen molar-refractivity contribution in [3.05, 3.63) is 54.7 Å². The topological polar surface area (TPSA) is 124 Å². The number of H-pyrrole nitrogens is 1. The molecule has 1 amide bonds. The first-order chi connectivity index (χ1) is 20.7. The molecule has 11 heteroatoms.